The van der Waals surface area contributed by atoms with Crippen LogP contribution in [-0.4, -0.2) is 125 Å². The molecule has 0 spiro atoms. The van der Waals surface area contributed by atoms with Gasteiger partial charge in [0.1, 0.15) is 39.5 Å². The number of hydrogen-bond acceptors (Lipinski definition) is 15. The Balaban J connectivity index is 0.00000342. The van der Waals surface area contributed by atoms with Gasteiger partial charge in [0.25, 0.3) is 17.7 Å². The lowest BCUT2D eigenvalue weighted by atomic mass is 9.96. The van der Waals surface area contributed by atoms with E-state index in [-0.39, 0.29) is 61.9 Å². The normalized spacial score (nSPS) is 13.7. The summed E-state index contributed by atoms with van der Waals surface area (Å²) in [6.45, 7) is 10.1. The third-order valence-corrected chi connectivity index (χ3v) is 13.4. The molecule has 7 heterocycles. The van der Waals surface area contributed by atoms with Crippen LogP contribution in [0.4, 0.5) is 5.95 Å². The molecular formula is C50H55N13O8S. The minimum atomic E-state index is -0.659. The van der Waals surface area contributed by atoms with Gasteiger partial charge >= 0.3 is 0 Å². The van der Waals surface area contributed by atoms with Crippen LogP contribution in [0.5, 0.6) is 11.5 Å². The average molecular weight is 998 g/mol. The number of carbonyl (C=O) groups is 6. The lowest BCUT2D eigenvalue weighted by Gasteiger charge is -2.39. The molecule has 0 saturated carbocycles. The maximum Gasteiger partial charge on any atom is 0.269 e. The number of ether oxygens (including phenoxy) is 2. The number of fused-ring (bicyclic) bond motifs is 4. The molecule has 5 amide bonds. The monoisotopic (exact) mass is 997 g/mol. The number of thiazole rings is 1. The van der Waals surface area contributed by atoms with Crippen molar-refractivity contribution in [3.8, 4) is 23.0 Å². The molecule has 7 aromatic rings. The quantitative estimate of drug-likeness (QED) is 0.0547. The maximum absolute atomic E-state index is 13.8. The Labute approximate surface area is 417 Å². The average Bonchev–Trinajstić information content (AvgIpc) is 4.18. The molecule has 9 rings (SSSR count). The molecule has 0 atom stereocenters. The molecule has 5 N–H and O–H groups in total. The summed E-state index contributed by atoms with van der Waals surface area (Å²) in [6.07, 6.45) is 10.0. The molecule has 0 bridgehead atoms. The third-order valence-electron chi connectivity index (χ3n) is 12.4. The van der Waals surface area contributed by atoms with Crippen molar-refractivity contribution in [3.63, 3.8) is 0 Å². The number of anilines is 1. The van der Waals surface area contributed by atoms with Crippen LogP contribution in [-0.2, 0) is 40.4 Å². The number of hydrogen-bond donors (Lipinski definition) is 3. The first-order chi connectivity index (χ1) is 34.8. The topological polar surface area (TPSA) is 271 Å². The Hall–Kier alpha value is -8.11. The zero-order chi connectivity index (χ0) is 51.4. The molecule has 22 heteroatoms. The Morgan fingerprint density at radius 1 is 0.917 bits per heavy atom. The van der Waals surface area contributed by atoms with Gasteiger partial charge in [0.05, 0.1) is 41.1 Å². The first-order valence-corrected chi connectivity index (χ1v) is 24.3. The van der Waals surface area contributed by atoms with E-state index in [0.29, 0.717) is 98.9 Å². The summed E-state index contributed by atoms with van der Waals surface area (Å²) in [5.41, 5.74) is 15.2. The highest BCUT2D eigenvalue weighted by Gasteiger charge is 2.32. The van der Waals surface area contributed by atoms with E-state index in [1.165, 1.54) is 37.6 Å². The number of aldehydes is 1. The molecule has 0 unspecified atom stereocenters. The molecule has 0 aliphatic carbocycles. The van der Waals surface area contributed by atoms with Gasteiger partial charge in [-0.2, -0.15) is 5.10 Å². The number of amides is 5. The van der Waals surface area contributed by atoms with Crippen molar-refractivity contribution in [2.75, 3.05) is 45.7 Å². The molecule has 1 saturated heterocycles. The fourth-order valence-electron chi connectivity index (χ4n) is 8.95. The summed E-state index contributed by atoms with van der Waals surface area (Å²) in [7, 11) is 2.98. The van der Waals surface area contributed by atoms with E-state index in [1.54, 1.807) is 39.9 Å². The number of aryl methyl sites for hydroxylation is 4. The van der Waals surface area contributed by atoms with Crippen LogP contribution in [0.3, 0.4) is 0 Å². The number of aromatic nitrogens is 8. The Kier molecular flexibility index (Phi) is 15.0. The highest BCUT2D eigenvalue weighted by atomic mass is 32.1. The molecule has 21 nitrogen and oxygen atoms in total. The summed E-state index contributed by atoms with van der Waals surface area (Å²) in [4.78, 5) is 97.7. The highest BCUT2D eigenvalue weighted by molar-refractivity contribution is 7.13. The van der Waals surface area contributed by atoms with E-state index in [2.05, 4.69) is 21.1 Å². The van der Waals surface area contributed by atoms with E-state index in [9.17, 15) is 28.8 Å². The number of rotatable bonds is 19. The molecular weight excluding hydrogens is 943 g/mol. The van der Waals surface area contributed by atoms with Crippen LogP contribution in [0, 0.1) is 19.8 Å². The molecule has 72 heavy (non-hydrogen) atoms. The maximum atomic E-state index is 13.8. The van der Waals surface area contributed by atoms with Gasteiger partial charge in [0, 0.05) is 85.9 Å². The molecule has 2 aromatic carbocycles. The zero-order valence-electron chi connectivity index (χ0n) is 40.8. The van der Waals surface area contributed by atoms with E-state index >= 15 is 0 Å². The van der Waals surface area contributed by atoms with Crippen LogP contribution in [0.15, 0.2) is 60.8 Å². The Morgan fingerprint density at radius 2 is 1.65 bits per heavy atom. The fraction of sp³-hybridized carbons (Fsp3) is 0.340. The number of nitrogens with one attached hydrogen (secondary N) is 1. The Morgan fingerprint density at radius 3 is 2.33 bits per heavy atom. The first kappa shape index (κ1) is 50.3. The van der Waals surface area contributed by atoms with Crippen LogP contribution in [0.1, 0.15) is 73.5 Å². The smallest absolute Gasteiger partial charge is 0.269 e. The number of methoxy groups -OCH3 is 1. The number of benzene rings is 2. The summed E-state index contributed by atoms with van der Waals surface area (Å²) in [6, 6.07) is 8.54. The molecule has 5 aromatic heterocycles. The number of nitrogens with zero attached hydrogens (tertiary/aromatic N) is 10. The second-order valence-electron chi connectivity index (χ2n) is 17.0. The first-order valence-electron chi connectivity index (χ1n) is 23.4. The predicted octanol–water partition coefficient (Wildman–Crippen LogP) is 5.00. The SMILES string of the molecule is CCc1nc(C)sc1C(=O)Nc1nc2cc(C(N)=O)cc(OC)c2n1C/C=C/Cn1c2nc(-c3cc(C)nn3CC)ncc2c2cc(C=O)cc(OCCC3CN(C(=O)CCN4C(=O)C=CC4=O)C3)c21.CN. The largest absolute Gasteiger partial charge is 0.494 e. The van der Waals surface area contributed by atoms with Crippen LogP contribution >= 0.6 is 11.3 Å². The fourth-order valence-corrected chi connectivity index (χ4v) is 9.85. The second-order valence-corrected chi connectivity index (χ2v) is 18.2. The molecule has 2 aliphatic rings. The van der Waals surface area contributed by atoms with Crippen molar-refractivity contribution in [1.82, 2.24) is 48.7 Å². The number of imide groups is 1. The lowest BCUT2D eigenvalue weighted by molar-refractivity contribution is -0.140. The minimum absolute atomic E-state index is 0.0368. The van der Waals surface area contributed by atoms with Gasteiger partial charge in [0.2, 0.25) is 17.8 Å². The summed E-state index contributed by atoms with van der Waals surface area (Å²) < 4.78 is 17.9. The van der Waals surface area contributed by atoms with Gasteiger partial charge < -0.3 is 35.0 Å². The van der Waals surface area contributed by atoms with Crippen molar-refractivity contribution in [2.24, 2.45) is 17.4 Å². The van der Waals surface area contributed by atoms with E-state index in [1.807, 2.05) is 55.2 Å². The van der Waals surface area contributed by atoms with Crippen LogP contribution in [0.25, 0.3) is 44.5 Å². The number of likely N-dealkylation sites (tertiary alicyclic amines) is 1. The van der Waals surface area contributed by atoms with E-state index in [0.717, 1.165) is 27.6 Å². The molecule has 1 fully saturated rings. The van der Waals surface area contributed by atoms with Crippen molar-refractivity contribution < 1.29 is 38.2 Å². The molecule has 2 aliphatic heterocycles. The van der Waals surface area contributed by atoms with Gasteiger partial charge in [-0.05, 0) is 76.9 Å². The van der Waals surface area contributed by atoms with Gasteiger partial charge in [0.15, 0.2) is 5.82 Å². The molecule has 374 valence electrons. The minimum Gasteiger partial charge on any atom is -0.494 e. The standard InChI is InChI=1S/C49H50N12O8S.CH5N/c1-6-34-44(70-28(4)52-34)48(67)55-49-53-35-21-31(45(50)66)22-37(68-5)43(35)60(49)15-9-8-14-59-42-32(33-23-51-46(54-47(33)59)36-18-27(3)56-61(36)7-2)19-30(26-62)20-38(42)69-17-13-29-24-57(25-29)39(63)12-16-58-40(64)10-11-41(58)65;1-2/h8-11,18-23,26,29H,6-7,12-17,24-25H2,1-5H3,(H2,50,66)(H,53,55,67);2H2,1H3/b9-8+;. The summed E-state index contributed by atoms with van der Waals surface area (Å²) in [5.74, 6) is -0.335. The number of primary amides is 1. The lowest BCUT2D eigenvalue weighted by Crippen LogP contribution is -2.51. The van der Waals surface area contributed by atoms with Gasteiger partial charge in [-0.15, -0.1) is 11.3 Å². The van der Waals surface area contributed by atoms with E-state index in [4.69, 9.17) is 30.2 Å². The predicted molar refractivity (Wildman–Crippen MR) is 271 cm³/mol. The second kappa shape index (κ2) is 21.5. The number of allylic oxidation sites excluding steroid dienone is 2. The van der Waals surface area contributed by atoms with Gasteiger partial charge in [-0.25, -0.2) is 19.9 Å². The van der Waals surface area contributed by atoms with E-state index < -0.39 is 17.7 Å². The van der Waals surface area contributed by atoms with Crippen LogP contribution < -0.4 is 26.3 Å². The zero-order valence-corrected chi connectivity index (χ0v) is 41.6. The summed E-state index contributed by atoms with van der Waals surface area (Å²) >= 11 is 1.30. The molecule has 0 radical (unpaired) electrons. The highest BCUT2D eigenvalue weighted by Crippen LogP contribution is 2.37. The Bertz CT molecular complexity index is 3320. The van der Waals surface area contributed by atoms with Crippen molar-refractivity contribution in [3.05, 3.63) is 93.2 Å². The van der Waals surface area contributed by atoms with Gasteiger partial charge in [-0.1, -0.05) is 19.1 Å². The third kappa shape index (κ3) is 9.95. The van der Waals surface area contributed by atoms with Crippen molar-refractivity contribution in [1.29, 1.82) is 0 Å². The van der Waals surface area contributed by atoms with Crippen molar-refractivity contribution >= 4 is 86.1 Å². The number of carbonyl (C=O) groups excluding carboxylic acids is 6. The van der Waals surface area contributed by atoms with Gasteiger partial charge in [-0.3, -0.25) is 43.7 Å². The van der Waals surface area contributed by atoms with Crippen molar-refractivity contribution in [2.45, 2.75) is 66.6 Å². The summed E-state index contributed by atoms with van der Waals surface area (Å²) in [5, 5.41) is 9.77. The number of nitrogens with two attached hydrogens (primary N) is 2. The number of imidazole rings is 1. The van der Waals surface area contributed by atoms with Crippen LogP contribution in [0.2, 0.25) is 0 Å².